The van der Waals surface area contributed by atoms with Gasteiger partial charge in [0.2, 0.25) is 5.91 Å². The molecule has 0 bridgehead atoms. The van der Waals surface area contributed by atoms with Gasteiger partial charge >= 0.3 is 0 Å². The Morgan fingerprint density at radius 3 is 2.91 bits per heavy atom. The van der Waals surface area contributed by atoms with Crippen molar-refractivity contribution in [1.29, 1.82) is 5.26 Å². The minimum Gasteiger partial charge on any atom is -0.490 e. The molecule has 0 radical (unpaired) electrons. The quantitative estimate of drug-likeness (QED) is 0.787. The first-order valence-electron chi connectivity index (χ1n) is 7.18. The minimum absolute atomic E-state index is 0.157. The Kier molecular flexibility index (Phi) is 6.40. The van der Waals surface area contributed by atoms with Crippen molar-refractivity contribution in [3.8, 4) is 11.8 Å². The van der Waals surface area contributed by atoms with E-state index in [1.165, 1.54) is 0 Å². The van der Waals surface area contributed by atoms with Gasteiger partial charge in [-0.3, -0.25) is 4.79 Å². The Morgan fingerprint density at radius 2 is 2.13 bits per heavy atom. The van der Waals surface area contributed by atoms with Crippen molar-refractivity contribution in [3.05, 3.63) is 53.2 Å². The molecule has 2 aromatic rings. The number of carbonyl (C=O) groups is 1. The fraction of sp³-hybridized carbons (Fsp3) is 0.235. The van der Waals surface area contributed by atoms with E-state index in [0.29, 0.717) is 36.0 Å². The number of benzene rings is 1. The zero-order valence-electron chi connectivity index (χ0n) is 12.5. The first-order chi connectivity index (χ1) is 11.2. The van der Waals surface area contributed by atoms with E-state index in [1.54, 1.807) is 30.5 Å². The molecule has 0 aliphatic carbocycles. The van der Waals surface area contributed by atoms with Crippen molar-refractivity contribution < 1.29 is 9.53 Å². The second-order valence-corrected chi connectivity index (χ2v) is 5.18. The molecule has 0 unspecified atom stereocenters. The summed E-state index contributed by atoms with van der Waals surface area (Å²) in [4.78, 5) is 16.3. The molecule has 1 N–H and O–H groups in total. The molecular weight excluding hydrogens is 314 g/mol. The zero-order valence-corrected chi connectivity index (χ0v) is 13.2. The Balaban J connectivity index is 1.98. The zero-order chi connectivity index (χ0) is 16.5. The number of pyridine rings is 1. The average Bonchev–Trinajstić information content (AvgIpc) is 2.55. The summed E-state index contributed by atoms with van der Waals surface area (Å²) >= 11 is 6.05. The van der Waals surface area contributed by atoms with E-state index in [4.69, 9.17) is 21.6 Å². The molecule has 118 valence electrons. The van der Waals surface area contributed by atoms with Crippen molar-refractivity contribution >= 4 is 23.3 Å². The summed E-state index contributed by atoms with van der Waals surface area (Å²) in [5.41, 5.74) is 0.749. The van der Waals surface area contributed by atoms with Crippen molar-refractivity contribution in [2.45, 2.75) is 19.3 Å². The van der Waals surface area contributed by atoms with Gasteiger partial charge in [0, 0.05) is 17.6 Å². The van der Waals surface area contributed by atoms with Crippen LogP contribution in [0.25, 0.3) is 0 Å². The standard InChI is InChI=1S/C17H16ClN3O2/c18-14-7-2-1-6-13(14)12-16(22)21-17-15(8-5-10-20-17)23-11-4-3-9-19/h1-2,5-8,10H,3-4,11-12H2,(H,20,21,22). The molecule has 2 rings (SSSR count). The third-order valence-electron chi connectivity index (χ3n) is 3.03. The Bertz CT molecular complexity index is 713. The van der Waals surface area contributed by atoms with Crippen LogP contribution in [0.1, 0.15) is 18.4 Å². The van der Waals surface area contributed by atoms with Crippen LogP contribution in [0.3, 0.4) is 0 Å². The summed E-state index contributed by atoms with van der Waals surface area (Å²) in [5.74, 6) is 0.623. The van der Waals surface area contributed by atoms with Crippen molar-refractivity contribution in [2.24, 2.45) is 0 Å². The highest BCUT2D eigenvalue weighted by molar-refractivity contribution is 6.31. The van der Waals surface area contributed by atoms with Crippen LogP contribution in [-0.4, -0.2) is 17.5 Å². The number of aromatic nitrogens is 1. The second kappa shape index (κ2) is 8.76. The van der Waals surface area contributed by atoms with Crippen molar-refractivity contribution in [2.75, 3.05) is 11.9 Å². The Labute approximate surface area is 139 Å². The molecule has 0 fully saturated rings. The number of nitriles is 1. The predicted octanol–water partition coefficient (Wildman–Crippen LogP) is 3.60. The van der Waals surface area contributed by atoms with Crippen LogP contribution in [-0.2, 0) is 11.2 Å². The fourth-order valence-electron chi connectivity index (χ4n) is 1.93. The molecule has 0 atom stereocenters. The van der Waals surface area contributed by atoms with Crippen LogP contribution in [0.4, 0.5) is 5.82 Å². The van der Waals surface area contributed by atoms with E-state index < -0.39 is 0 Å². The minimum atomic E-state index is -0.223. The van der Waals surface area contributed by atoms with E-state index >= 15 is 0 Å². The van der Waals surface area contributed by atoms with Crippen molar-refractivity contribution in [3.63, 3.8) is 0 Å². The lowest BCUT2D eigenvalue weighted by atomic mass is 10.1. The van der Waals surface area contributed by atoms with Gasteiger partial charge in [0.05, 0.1) is 19.1 Å². The van der Waals surface area contributed by atoms with Crippen LogP contribution in [0.15, 0.2) is 42.6 Å². The molecule has 0 aliphatic heterocycles. The number of rotatable bonds is 7. The summed E-state index contributed by atoms with van der Waals surface area (Å²) < 4.78 is 5.56. The lowest BCUT2D eigenvalue weighted by Gasteiger charge is -2.11. The lowest BCUT2D eigenvalue weighted by molar-refractivity contribution is -0.115. The maximum absolute atomic E-state index is 12.2. The van der Waals surface area contributed by atoms with E-state index in [1.807, 2.05) is 12.1 Å². The normalized spacial score (nSPS) is 9.91. The summed E-state index contributed by atoms with van der Waals surface area (Å²) in [5, 5.41) is 11.8. The van der Waals surface area contributed by atoms with Gasteiger partial charge in [-0.15, -0.1) is 0 Å². The fourth-order valence-corrected chi connectivity index (χ4v) is 2.13. The maximum Gasteiger partial charge on any atom is 0.230 e. The SMILES string of the molecule is N#CCCCOc1cccnc1NC(=O)Cc1ccccc1Cl. The molecule has 1 heterocycles. The Morgan fingerprint density at radius 1 is 1.30 bits per heavy atom. The first kappa shape index (κ1) is 16.8. The third-order valence-corrected chi connectivity index (χ3v) is 3.40. The maximum atomic E-state index is 12.2. The van der Waals surface area contributed by atoms with Crippen LogP contribution in [0.2, 0.25) is 5.02 Å². The highest BCUT2D eigenvalue weighted by atomic mass is 35.5. The van der Waals surface area contributed by atoms with Gasteiger partial charge < -0.3 is 10.1 Å². The smallest absolute Gasteiger partial charge is 0.230 e. The van der Waals surface area contributed by atoms with E-state index in [-0.39, 0.29) is 12.3 Å². The number of carbonyl (C=O) groups excluding carboxylic acids is 1. The monoisotopic (exact) mass is 329 g/mol. The average molecular weight is 330 g/mol. The van der Waals surface area contributed by atoms with Gasteiger partial charge in [-0.25, -0.2) is 4.98 Å². The number of nitrogens with one attached hydrogen (secondary N) is 1. The van der Waals surface area contributed by atoms with Crippen LogP contribution in [0.5, 0.6) is 5.75 Å². The van der Waals surface area contributed by atoms with Gasteiger partial charge in [-0.05, 0) is 30.2 Å². The number of unbranched alkanes of at least 4 members (excludes halogenated alkanes) is 1. The highest BCUT2D eigenvalue weighted by Gasteiger charge is 2.11. The predicted molar refractivity (Wildman–Crippen MR) is 88.4 cm³/mol. The number of ether oxygens (including phenoxy) is 1. The number of amides is 1. The molecule has 0 spiro atoms. The first-order valence-corrected chi connectivity index (χ1v) is 7.56. The van der Waals surface area contributed by atoms with Crippen LogP contribution in [0, 0.1) is 11.3 Å². The van der Waals surface area contributed by atoms with Crippen LogP contribution < -0.4 is 10.1 Å². The second-order valence-electron chi connectivity index (χ2n) is 4.78. The van der Waals surface area contributed by atoms with Crippen LogP contribution >= 0.6 is 11.6 Å². The van der Waals surface area contributed by atoms with Crippen molar-refractivity contribution in [1.82, 2.24) is 4.98 Å². The molecule has 1 aromatic heterocycles. The number of anilines is 1. The topological polar surface area (TPSA) is 75.0 Å². The molecule has 6 heteroatoms. The third kappa shape index (κ3) is 5.28. The molecular formula is C17H16ClN3O2. The van der Waals surface area contributed by atoms with Gasteiger partial charge in [-0.1, -0.05) is 29.8 Å². The molecule has 23 heavy (non-hydrogen) atoms. The molecule has 1 aromatic carbocycles. The molecule has 1 amide bonds. The summed E-state index contributed by atoms with van der Waals surface area (Å²) in [7, 11) is 0. The van der Waals surface area contributed by atoms with Gasteiger partial charge in [0.1, 0.15) is 0 Å². The Hall–Kier alpha value is -2.58. The van der Waals surface area contributed by atoms with E-state index in [9.17, 15) is 4.79 Å². The van der Waals surface area contributed by atoms with Gasteiger partial charge in [-0.2, -0.15) is 5.26 Å². The number of nitrogens with zero attached hydrogens (tertiary/aromatic N) is 2. The summed E-state index contributed by atoms with van der Waals surface area (Å²) in [6, 6.07) is 12.7. The van der Waals surface area contributed by atoms with Gasteiger partial charge in [0.25, 0.3) is 0 Å². The number of hydrogen-bond donors (Lipinski definition) is 1. The molecule has 0 aliphatic rings. The largest absolute Gasteiger partial charge is 0.490 e. The van der Waals surface area contributed by atoms with Gasteiger partial charge in [0.15, 0.2) is 11.6 Å². The molecule has 0 saturated carbocycles. The highest BCUT2D eigenvalue weighted by Crippen LogP contribution is 2.22. The molecule has 0 saturated heterocycles. The summed E-state index contributed by atoms with van der Waals surface area (Å²) in [6.45, 7) is 0.395. The molecule has 5 nitrogen and oxygen atoms in total. The number of hydrogen-bond acceptors (Lipinski definition) is 4. The van der Waals surface area contributed by atoms with E-state index in [2.05, 4.69) is 16.4 Å². The van der Waals surface area contributed by atoms with E-state index in [0.717, 1.165) is 5.56 Å². The lowest BCUT2D eigenvalue weighted by Crippen LogP contribution is -2.16. The number of halogens is 1. The summed E-state index contributed by atoms with van der Waals surface area (Å²) in [6.07, 6.45) is 2.78.